The minimum atomic E-state index is -0.231. The Bertz CT molecular complexity index is 835. The monoisotopic (exact) mass is 422 g/mol. The van der Waals surface area contributed by atoms with Gasteiger partial charge in [-0.3, -0.25) is 9.59 Å². The number of methoxy groups -OCH3 is 1. The van der Waals surface area contributed by atoms with Gasteiger partial charge in [-0.25, -0.2) is 0 Å². The second-order valence-corrected chi connectivity index (χ2v) is 8.40. The molecule has 2 amide bonds. The van der Waals surface area contributed by atoms with E-state index in [-0.39, 0.29) is 30.1 Å². The lowest BCUT2D eigenvalue weighted by Gasteiger charge is -2.17. The van der Waals surface area contributed by atoms with Crippen molar-refractivity contribution in [3.05, 3.63) is 65.7 Å². The van der Waals surface area contributed by atoms with E-state index in [1.165, 1.54) is 0 Å². The van der Waals surface area contributed by atoms with E-state index in [2.05, 4.69) is 12.2 Å². The van der Waals surface area contributed by atoms with Crippen molar-refractivity contribution in [3.63, 3.8) is 0 Å². The zero-order valence-electron chi connectivity index (χ0n) is 18.7. The SMILES string of the molecule is CCCCCC1CN(Cc2ccc(OC)cc2)C(=O)C1CC(=O)NCc1ccccc1. The van der Waals surface area contributed by atoms with Gasteiger partial charge in [0.05, 0.1) is 13.0 Å². The number of nitrogens with one attached hydrogen (secondary N) is 1. The normalized spacial score (nSPS) is 18.3. The van der Waals surface area contributed by atoms with Crippen LogP contribution in [0.1, 0.15) is 50.2 Å². The van der Waals surface area contributed by atoms with Crippen LogP contribution < -0.4 is 10.1 Å². The molecule has 2 aromatic rings. The summed E-state index contributed by atoms with van der Waals surface area (Å²) in [6.07, 6.45) is 4.68. The second-order valence-electron chi connectivity index (χ2n) is 8.40. The minimum absolute atomic E-state index is 0.0472. The Morgan fingerprint density at radius 3 is 2.48 bits per heavy atom. The Morgan fingerprint density at radius 2 is 1.81 bits per heavy atom. The van der Waals surface area contributed by atoms with Crippen molar-refractivity contribution in [1.82, 2.24) is 10.2 Å². The van der Waals surface area contributed by atoms with Gasteiger partial charge in [-0.05, 0) is 35.6 Å². The van der Waals surface area contributed by atoms with Gasteiger partial charge in [0.2, 0.25) is 11.8 Å². The highest BCUT2D eigenvalue weighted by molar-refractivity contribution is 5.87. The van der Waals surface area contributed by atoms with E-state index in [4.69, 9.17) is 4.74 Å². The molecule has 1 N–H and O–H groups in total. The van der Waals surface area contributed by atoms with E-state index < -0.39 is 0 Å². The van der Waals surface area contributed by atoms with E-state index in [9.17, 15) is 9.59 Å². The molecule has 3 rings (SSSR count). The number of unbranched alkanes of at least 4 members (excludes halogenated alkanes) is 2. The quantitative estimate of drug-likeness (QED) is 0.540. The standard InChI is InChI=1S/C26H34N2O3/c1-3-4-6-11-22-19-28(18-21-12-14-23(31-2)15-13-21)26(30)24(22)16-25(29)27-17-20-9-7-5-8-10-20/h5,7-10,12-15,22,24H,3-4,6,11,16-19H2,1-2H3,(H,27,29). The highest BCUT2D eigenvalue weighted by Gasteiger charge is 2.40. The summed E-state index contributed by atoms with van der Waals surface area (Å²) in [5, 5.41) is 2.99. The molecule has 2 atom stereocenters. The summed E-state index contributed by atoms with van der Waals surface area (Å²) in [4.78, 5) is 27.8. The number of carbonyl (C=O) groups is 2. The van der Waals surface area contributed by atoms with Gasteiger partial charge in [0.1, 0.15) is 5.75 Å². The molecular formula is C26H34N2O3. The largest absolute Gasteiger partial charge is 0.497 e. The maximum absolute atomic E-state index is 13.2. The first kappa shape index (κ1) is 22.9. The van der Waals surface area contributed by atoms with Crippen LogP contribution in [0, 0.1) is 11.8 Å². The summed E-state index contributed by atoms with van der Waals surface area (Å²) < 4.78 is 5.22. The molecule has 5 heteroatoms. The molecular weight excluding hydrogens is 388 g/mol. The average Bonchev–Trinajstić information content (AvgIpc) is 3.08. The molecule has 0 bridgehead atoms. The number of ether oxygens (including phenoxy) is 1. The first-order chi connectivity index (χ1) is 15.1. The summed E-state index contributed by atoms with van der Waals surface area (Å²) in [6.45, 7) is 3.99. The Labute approximate surface area is 185 Å². The third kappa shape index (κ3) is 6.58. The van der Waals surface area contributed by atoms with Crippen LogP contribution in [0.5, 0.6) is 5.75 Å². The van der Waals surface area contributed by atoms with Gasteiger partial charge in [0.25, 0.3) is 0 Å². The van der Waals surface area contributed by atoms with Crippen molar-refractivity contribution in [2.45, 2.75) is 52.1 Å². The topological polar surface area (TPSA) is 58.6 Å². The number of likely N-dealkylation sites (tertiary alicyclic amines) is 1. The van der Waals surface area contributed by atoms with Crippen LogP contribution in [-0.2, 0) is 22.7 Å². The van der Waals surface area contributed by atoms with Crippen molar-refractivity contribution >= 4 is 11.8 Å². The third-order valence-electron chi connectivity index (χ3n) is 6.10. The molecule has 1 saturated heterocycles. The summed E-state index contributed by atoms with van der Waals surface area (Å²) in [5.74, 6) is 0.869. The van der Waals surface area contributed by atoms with Crippen molar-refractivity contribution < 1.29 is 14.3 Å². The van der Waals surface area contributed by atoms with E-state index in [0.29, 0.717) is 13.1 Å². The average molecular weight is 423 g/mol. The Hall–Kier alpha value is -2.82. The van der Waals surface area contributed by atoms with Gasteiger partial charge in [0.15, 0.2) is 0 Å². The third-order valence-corrected chi connectivity index (χ3v) is 6.10. The van der Waals surface area contributed by atoms with Gasteiger partial charge >= 0.3 is 0 Å². The number of carbonyl (C=O) groups excluding carboxylic acids is 2. The number of nitrogens with zero attached hydrogens (tertiary/aromatic N) is 1. The van der Waals surface area contributed by atoms with Crippen LogP contribution in [0.15, 0.2) is 54.6 Å². The molecule has 5 nitrogen and oxygen atoms in total. The number of benzene rings is 2. The maximum atomic E-state index is 13.2. The van der Waals surface area contributed by atoms with Crippen LogP contribution >= 0.6 is 0 Å². The fraction of sp³-hybridized carbons (Fsp3) is 0.462. The smallest absolute Gasteiger partial charge is 0.226 e. The molecule has 0 saturated carbocycles. The highest BCUT2D eigenvalue weighted by Crippen LogP contribution is 2.33. The van der Waals surface area contributed by atoms with Gasteiger partial charge in [-0.1, -0.05) is 68.7 Å². The predicted octanol–water partition coefficient (Wildman–Crippen LogP) is 4.56. The second kappa shape index (κ2) is 11.5. The van der Waals surface area contributed by atoms with Crippen molar-refractivity contribution in [3.8, 4) is 5.75 Å². The van der Waals surface area contributed by atoms with E-state index >= 15 is 0 Å². The van der Waals surface area contributed by atoms with E-state index in [1.807, 2.05) is 59.5 Å². The fourth-order valence-corrected chi connectivity index (χ4v) is 4.30. The number of hydrogen-bond acceptors (Lipinski definition) is 3. The summed E-state index contributed by atoms with van der Waals surface area (Å²) >= 11 is 0. The molecule has 0 aliphatic carbocycles. The van der Waals surface area contributed by atoms with Crippen LogP contribution in [0.4, 0.5) is 0 Å². The Kier molecular flexibility index (Phi) is 8.51. The number of rotatable bonds is 11. The molecule has 1 aliphatic heterocycles. The first-order valence-corrected chi connectivity index (χ1v) is 11.3. The van der Waals surface area contributed by atoms with Gasteiger partial charge in [-0.15, -0.1) is 0 Å². The van der Waals surface area contributed by atoms with Crippen molar-refractivity contribution in [2.75, 3.05) is 13.7 Å². The highest BCUT2D eigenvalue weighted by atomic mass is 16.5. The van der Waals surface area contributed by atoms with Gasteiger partial charge in [0, 0.05) is 26.1 Å². The van der Waals surface area contributed by atoms with Crippen LogP contribution in [0.2, 0.25) is 0 Å². The summed E-state index contributed by atoms with van der Waals surface area (Å²) in [7, 11) is 1.65. The fourth-order valence-electron chi connectivity index (χ4n) is 4.30. The van der Waals surface area contributed by atoms with E-state index in [1.54, 1.807) is 7.11 Å². The Morgan fingerprint density at radius 1 is 1.06 bits per heavy atom. The van der Waals surface area contributed by atoms with Crippen LogP contribution in [0.25, 0.3) is 0 Å². The first-order valence-electron chi connectivity index (χ1n) is 11.3. The lowest BCUT2D eigenvalue weighted by Crippen LogP contribution is -2.31. The minimum Gasteiger partial charge on any atom is -0.497 e. The van der Waals surface area contributed by atoms with Crippen molar-refractivity contribution in [2.24, 2.45) is 11.8 Å². The molecule has 0 spiro atoms. The molecule has 166 valence electrons. The van der Waals surface area contributed by atoms with Crippen LogP contribution in [0.3, 0.4) is 0 Å². The van der Waals surface area contributed by atoms with E-state index in [0.717, 1.165) is 49.1 Å². The predicted molar refractivity (Wildman–Crippen MR) is 122 cm³/mol. The Balaban J connectivity index is 1.61. The number of hydrogen-bond donors (Lipinski definition) is 1. The molecule has 2 unspecified atom stereocenters. The molecule has 1 fully saturated rings. The molecule has 31 heavy (non-hydrogen) atoms. The van der Waals surface area contributed by atoms with Gasteiger partial charge < -0.3 is 15.0 Å². The molecule has 0 aromatic heterocycles. The maximum Gasteiger partial charge on any atom is 0.226 e. The zero-order valence-corrected chi connectivity index (χ0v) is 18.7. The van der Waals surface area contributed by atoms with Crippen LogP contribution in [-0.4, -0.2) is 30.4 Å². The summed E-state index contributed by atoms with van der Waals surface area (Å²) in [6, 6.07) is 17.7. The molecule has 0 radical (unpaired) electrons. The number of amides is 2. The lowest BCUT2D eigenvalue weighted by molar-refractivity contribution is -0.134. The van der Waals surface area contributed by atoms with Gasteiger partial charge in [-0.2, -0.15) is 0 Å². The summed E-state index contributed by atoms with van der Waals surface area (Å²) in [5.41, 5.74) is 2.14. The zero-order chi connectivity index (χ0) is 22.1. The molecule has 1 heterocycles. The lowest BCUT2D eigenvalue weighted by atomic mass is 9.87. The molecule has 1 aliphatic rings. The molecule has 2 aromatic carbocycles. The van der Waals surface area contributed by atoms with Crippen molar-refractivity contribution in [1.29, 1.82) is 0 Å².